The van der Waals surface area contributed by atoms with Gasteiger partial charge in [0.1, 0.15) is 55.3 Å². The number of phenolic OH excluding ortho intramolecular Hbond substituents is 2. The number of nitrogens with zero attached hydrogens (tertiary/aromatic N) is 1. The van der Waals surface area contributed by atoms with Crippen molar-refractivity contribution in [2.24, 2.45) is 10.1 Å². The Balaban J connectivity index is 1.27. The Kier molecular flexibility index (Phi) is 17.0. The van der Waals surface area contributed by atoms with Gasteiger partial charge in [-0.3, -0.25) is 13.8 Å². The van der Waals surface area contributed by atoms with Crippen molar-refractivity contribution in [2.45, 2.75) is 61.1 Å². The highest BCUT2D eigenvalue weighted by atomic mass is 32.3. The lowest BCUT2D eigenvalue weighted by Crippen LogP contribution is -2.42. The Bertz CT molecular complexity index is 5230. The average Bonchev–Trinajstić information content (AvgIpc) is 0.712. The summed E-state index contributed by atoms with van der Waals surface area (Å²) in [4.78, 5) is 53.6. The number of benzene rings is 9. The summed E-state index contributed by atoms with van der Waals surface area (Å²) >= 11 is 0. The van der Waals surface area contributed by atoms with Crippen LogP contribution < -0.4 is 41.8 Å². The van der Waals surface area contributed by atoms with Gasteiger partial charge in [0, 0.05) is 57.0 Å². The third-order valence-corrected chi connectivity index (χ3v) is 20.0. The molecule has 1 aliphatic heterocycles. The van der Waals surface area contributed by atoms with E-state index in [0.717, 1.165) is 72.8 Å². The number of carboxylic acid groups (broad SMARTS) is 2. The largest absolute Gasteiger partial charge is 0.508 e. The van der Waals surface area contributed by atoms with E-state index in [0.29, 0.717) is 39.2 Å². The molecule has 94 heavy (non-hydrogen) atoms. The van der Waals surface area contributed by atoms with E-state index in [1.165, 1.54) is 60.7 Å². The van der Waals surface area contributed by atoms with Gasteiger partial charge in [-0.25, -0.2) is 37.7 Å². The summed E-state index contributed by atoms with van der Waals surface area (Å²) in [6, 6.07) is 27.6. The summed E-state index contributed by atoms with van der Waals surface area (Å²) in [6.07, 6.45) is 0. The van der Waals surface area contributed by atoms with Gasteiger partial charge in [-0.1, -0.05) is 39.9 Å². The number of anilines is 7. The fourth-order valence-corrected chi connectivity index (χ4v) is 14.6. The standard InChI is InChI=1S/C65H58N8O18S3/c1-31-23-33(3)60(72-65(83)68-38-13-21-50(76)44(25-38)62(78)79)35(5)58(31)69-48-29-52-46(27-55(48)92(84,85)73-39-14-22-51(77)45(26-39)63(80)81)57(43-9-7-8-10-54(43)93(86,87)88)47-28-56(94(66,89,90)42-19-17-41(75)18-20-42)49(30-53(47)91-52)70-59-32(2)24-34(4)61(36(59)6)71-64(82)67-37-11-15-40(74)16-12-37/h7-30,70,73-77H,1-6H3,(H,78,79)(H,80,81)(H3,66,89,90)(H2,67,71,82)(H2,68,72,83)(H,86,87,88). The summed E-state index contributed by atoms with van der Waals surface area (Å²) in [7, 11) is -16.4. The molecule has 0 bridgehead atoms. The SMILES string of the molecule is Cc1cc(C)c(NC(=O)Nc2ccc(O)c(C(=O)O)c2)c(C)c1N=c1cc2oc3cc(Nc4c(C)cc(C)c(NC(=O)Nc5ccc(O)cc5)c4C)c(S(N)(=O)(O)c4ccc(O)cc4)cc3c(-c3ccccc3S(=O)(=O)O)c-2cc1S(=O)(=O)Nc1ccc(O)c(C(=O)O)c1. The number of aromatic hydroxyl groups is 4. The molecule has 0 spiro atoms. The number of aromatic carboxylic acids is 2. The quantitative estimate of drug-likeness (QED) is 0.0243. The number of carbonyl (C=O) groups excluding carboxylic acids is 2. The van der Waals surface area contributed by atoms with Gasteiger partial charge < -0.3 is 61.6 Å². The maximum absolute atomic E-state index is 15.8. The first-order chi connectivity index (χ1) is 44.1. The van der Waals surface area contributed by atoms with Gasteiger partial charge in [0.05, 0.1) is 37.9 Å². The number of amides is 4. The van der Waals surface area contributed by atoms with Crippen LogP contribution in [-0.4, -0.2) is 84.8 Å². The van der Waals surface area contributed by atoms with Crippen LogP contribution in [0.2, 0.25) is 0 Å². The molecule has 8 aromatic rings. The minimum atomic E-state index is -6.02. The second-order valence-electron chi connectivity index (χ2n) is 21.9. The number of nitrogens with one attached hydrogen (secondary N) is 6. The summed E-state index contributed by atoms with van der Waals surface area (Å²) < 4.78 is 106. The topological polar surface area (TPSA) is 439 Å². The Hall–Kier alpha value is -11.3. The number of carbonyl (C=O) groups is 4. The third kappa shape index (κ3) is 13.0. The second-order valence-corrected chi connectivity index (χ2v) is 27.8. The van der Waals surface area contributed by atoms with Gasteiger partial charge in [0.25, 0.3) is 20.1 Å². The van der Waals surface area contributed by atoms with Crippen molar-refractivity contribution in [1.82, 2.24) is 0 Å². The number of nitrogens with two attached hydrogens (primary N) is 1. The Morgan fingerprint density at radius 1 is 0.553 bits per heavy atom. The maximum Gasteiger partial charge on any atom is 0.339 e. The molecule has 8 aromatic carbocycles. The van der Waals surface area contributed by atoms with Crippen LogP contribution in [0.15, 0.2) is 175 Å². The Morgan fingerprint density at radius 2 is 1.07 bits per heavy atom. The number of urea groups is 2. The fraction of sp³-hybridized carbons (Fsp3) is 0.0923. The van der Waals surface area contributed by atoms with Gasteiger partial charge in [0.15, 0.2) is 0 Å². The summed E-state index contributed by atoms with van der Waals surface area (Å²) in [6.45, 7) is 9.92. The normalized spacial score (nSPS) is 12.4. The van der Waals surface area contributed by atoms with Crippen molar-refractivity contribution >= 4 is 110 Å². The number of aryl methyl sites for hydroxylation is 4. The minimum absolute atomic E-state index is 0.0154. The van der Waals surface area contributed by atoms with Crippen LogP contribution in [0.5, 0.6) is 23.0 Å². The first kappa shape index (κ1) is 65.6. The van der Waals surface area contributed by atoms with Crippen molar-refractivity contribution in [3.8, 4) is 45.4 Å². The molecular weight excluding hydrogens is 1280 g/mol. The maximum atomic E-state index is 15.8. The van der Waals surface area contributed by atoms with Crippen LogP contribution >= 0.6 is 0 Å². The smallest absolute Gasteiger partial charge is 0.339 e. The lowest BCUT2D eigenvalue weighted by molar-refractivity contribution is 0.0682. The van der Waals surface area contributed by atoms with Crippen LogP contribution in [0.1, 0.15) is 54.1 Å². The van der Waals surface area contributed by atoms with Crippen molar-refractivity contribution in [3.63, 3.8) is 0 Å². The van der Waals surface area contributed by atoms with E-state index >= 15 is 12.6 Å². The van der Waals surface area contributed by atoms with Crippen molar-refractivity contribution in [3.05, 3.63) is 195 Å². The zero-order valence-electron chi connectivity index (χ0n) is 50.3. The van der Waals surface area contributed by atoms with Crippen LogP contribution in [0.4, 0.5) is 55.1 Å². The molecule has 0 fully saturated rings. The minimum Gasteiger partial charge on any atom is -0.508 e. The predicted octanol–water partition coefficient (Wildman–Crippen LogP) is 12.2. The Morgan fingerprint density at radius 3 is 1.67 bits per heavy atom. The van der Waals surface area contributed by atoms with E-state index in [4.69, 9.17) is 14.5 Å². The number of phenols is 4. The first-order valence-corrected chi connectivity index (χ1v) is 32.8. The zero-order valence-corrected chi connectivity index (χ0v) is 52.7. The molecule has 4 amide bonds. The van der Waals surface area contributed by atoms with Crippen LogP contribution in [0, 0.1) is 41.5 Å². The molecule has 2 aliphatic rings. The molecule has 484 valence electrons. The molecule has 29 heteroatoms. The lowest BCUT2D eigenvalue weighted by atomic mass is 9.93. The molecule has 10 rings (SSSR count). The number of carboxylic acids is 2. The molecule has 0 atom stereocenters. The molecule has 1 heterocycles. The van der Waals surface area contributed by atoms with E-state index in [2.05, 4.69) is 31.3 Å². The second kappa shape index (κ2) is 24.4. The molecule has 1 aliphatic carbocycles. The van der Waals surface area contributed by atoms with Crippen molar-refractivity contribution in [1.29, 1.82) is 0 Å². The zero-order chi connectivity index (χ0) is 68.3. The van der Waals surface area contributed by atoms with E-state index in [1.807, 2.05) is 0 Å². The number of sulfonamides is 1. The summed E-state index contributed by atoms with van der Waals surface area (Å²) in [5.74, 6) is -4.97. The van der Waals surface area contributed by atoms with E-state index < -0.39 is 101 Å². The highest BCUT2D eigenvalue weighted by molar-refractivity contribution is 8.13. The van der Waals surface area contributed by atoms with Gasteiger partial charge in [-0.05, 0) is 178 Å². The number of fused-ring (bicyclic) bond motifs is 2. The Labute approximate surface area is 535 Å². The van der Waals surface area contributed by atoms with E-state index in [9.17, 15) is 67.3 Å². The molecule has 26 nitrogen and oxygen atoms in total. The molecular formula is C65H58N8O18S3. The van der Waals surface area contributed by atoms with Gasteiger partial charge in [-0.15, -0.1) is 0 Å². The number of hydrogen-bond donors (Lipinski definition) is 15. The summed E-state index contributed by atoms with van der Waals surface area (Å²) in [5, 5.41) is 80.4. The van der Waals surface area contributed by atoms with Crippen molar-refractivity contribution in [2.75, 3.05) is 31.3 Å². The molecule has 0 aromatic heterocycles. The highest BCUT2D eigenvalue weighted by Gasteiger charge is 2.35. The number of rotatable bonds is 16. The summed E-state index contributed by atoms with van der Waals surface area (Å²) in [5.41, 5.74) is 0.795. The highest BCUT2D eigenvalue weighted by Crippen LogP contribution is 2.50. The molecule has 0 radical (unpaired) electrons. The van der Waals surface area contributed by atoms with E-state index in [-0.39, 0.29) is 84.6 Å². The van der Waals surface area contributed by atoms with Gasteiger partial charge in [-0.2, -0.15) is 12.6 Å². The van der Waals surface area contributed by atoms with Crippen LogP contribution in [0.3, 0.4) is 0 Å². The molecule has 16 N–H and O–H groups in total. The number of hydrogen-bond acceptors (Lipinski definition) is 16. The lowest BCUT2D eigenvalue weighted by Gasteiger charge is -2.40. The van der Waals surface area contributed by atoms with Gasteiger partial charge >= 0.3 is 24.0 Å². The van der Waals surface area contributed by atoms with Crippen LogP contribution in [0.25, 0.3) is 33.4 Å². The van der Waals surface area contributed by atoms with E-state index in [1.54, 1.807) is 53.7 Å². The fourth-order valence-electron chi connectivity index (χ4n) is 10.9. The predicted molar refractivity (Wildman–Crippen MR) is 352 cm³/mol. The van der Waals surface area contributed by atoms with Crippen LogP contribution in [-0.2, 0) is 29.7 Å². The van der Waals surface area contributed by atoms with Crippen molar-refractivity contribution < 1.29 is 84.4 Å². The monoisotopic (exact) mass is 1330 g/mol. The van der Waals surface area contributed by atoms with Gasteiger partial charge in [0.2, 0.25) is 0 Å². The average molecular weight is 1340 g/mol. The third-order valence-electron chi connectivity index (χ3n) is 15.3. The molecule has 0 saturated heterocycles. The molecule has 0 unspecified atom stereocenters. The molecule has 0 saturated carbocycles. The first-order valence-electron chi connectivity index (χ1n) is 27.9.